The fraction of sp³-hybridized carbons (Fsp3) is 0.800. The molecule has 0 N–H and O–H groups in total. The molecule has 3 nitrogen and oxygen atoms in total. The van der Waals surface area contributed by atoms with E-state index in [-0.39, 0.29) is 5.41 Å². The molecule has 0 bridgehead atoms. The summed E-state index contributed by atoms with van der Waals surface area (Å²) < 4.78 is 0. The Hall–Kier alpha value is -0.880. The predicted octanol–water partition coefficient (Wildman–Crippen LogP) is 1.20. The summed E-state index contributed by atoms with van der Waals surface area (Å²) in [6, 6.07) is 2.27. The Morgan fingerprint density at radius 1 is 1.46 bits per heavy atom. The van der Waals surface area contributed by atoms with Crippen molar-refractivity contribution in [3.8, 4) is 6.07 Å². The van der Waals surface area contributed by atoms with Crippen LogP contribution in [0.5, 0.6) is 0 Å². The molecular formula is C10H16N2O. The number of piperidine rings is 1. The van der Waals surface area contributed by atoms with E-state index >= 15 is 0 Å². The number of carbonyl (C=O) groups is 1. The largest absolute Gasteiger partial charge is 0.301 e. The number of rotatable bonds is 2. The molecule has 0 saturated carbocycles. The number of likely N-dealkylation sites (tertiary alicyclic amines) is 1. The third kappa shape index (κ3) is 3.16. The van der Waals surface area contributed by atoms with Gasteiger partial charge in [-0.15, -0.1) is 0 Å². The van der Waals surface area contributed by atoms with Crippen molar-refractivity contribution in [2.45, 2.75) is 26.7 Å². The van der Waals surface area contributed by atoms with Gasteiger partial charge in [0.2, 0.25) is 0 Å². The van der Waals surface area contributed by atoms with Gasteiger partial charge in [0.25, 0.3) is 0 Å². The molecule has 0 amide bonds. The molecule has 1 aliphatic rings. The number of carbonyl (C=O) groups excluding carboxylic acids is 1. The average Bonchev–Trinajstić information content (AvgIpc) is 2.09. The third-order valence-corrected chi connectivity index (χ3v) is 2.34. The average molecular weight is 180 g/mol. The zero-order chi connectivity index (χ0) is 9.90. The molecule has 0 radical (unpaired) electrons. The normalized spacial score (nSPS) is 19.9. The standard InChI is InChI=1S/C10H16N2O/c1-10(2,7-11)8-12-5-3-9(13)4-6-12/h3-6,8H2,1-2H3. The lowest BCUT2D eigenvalue weighted by molar-refractivity contribution is -0.121. The molecule has 1 heterocycles. The van der Waals surface area contributed by atoms with Crippen molar-refractivity contribution in [2.24, 2.45) is 5.41 Å². The van der Waals surface area contributed by atoms with Gasteiger partial charge in [-0.1, -0.05) is 0 Å². The van der Waals surface area contributed by atoms with E-state index in [0.29, 0.717) is 18.6 Å². The molecule has 0 aromatic heterocycles. The summed E-state index contributed by atoms with van der Waals surface area (Å²) in [5, 5.41) is 8.83. The van der Waals surface area contributed by atoms with Crippen LogP contribution in [0.15, 0.2) is 0 Å². The molecule has 0 aliphatic carbocycles. The van der Waals surface area contributed by atoms with E-state index in [1.54, 1.807) is 0 Å². The minimum atomic E-state index is -0.291. The maximum Gasteiger partial charge on any atom is 0.135 e. The zero-order valence-electron chi connectivity index (χ0n) is 8.34. The first-order valence-corrected chi connectivity index (χ1v) is 4.69. The van der Waals surface area contributed by atoms with Crippen molar-refractivity contribution in [3.05, 3.63) is 0 Å². The van der Waals surface area contributed by atoms with E-state index in [2.05, 4.69) is 11.0 Å². The zero-order valence-corrected chi connectivity index (χ0v) is 8.34. The summed E-state index contributed by atoms with van der Waals surface area (Å²) >= 11 is 0. The van der Waals surface area contributed by atoms with Crippen LogP contribution >= 0.6 is 0 Å². The second kappa shape index (κ2) is 3.89. The lowest BCUT2D eigenvalue weighted by Gasteiger charge is -2.30. The summed E-state index contributed by atoms with van der Waals surface area (Å²) in [5.41, 5.74) is -0.291. The highest BCUT2D eigenvalue weighted by Gasteiger charge is 2.24. The topological polar surface area (TPSA) is 44.1 Å². The van der Waals surface area contributed by atoms with Crippen LogP contribution < -0.4 is 0 Å². The van der Waals surface area contributed by atoms with Crippen LogP contribution in [0.25, 0.3) is 0 Å². The summed E-state index contributed by atoms with van der Waals surface area (Å²) in [6.07, 6.45) is 1.31. The van der Waals surface area contributed by atoms with Crippen LogP contribution in [0, 0.1) is 16.7 Å². The van der Waals surface area contributed by atoms with Crippen LogP contribution in [0.4, 0.5) is 0 Å². The Morgan fingerprint density at radius 3 is 2.46 bits per heavy atom. The van der Waals surface area contributed by atoms with Gasteiger partial charge in [-0.3, -0.25) is 4.79 Å². The molecule has 0 unspecified atom stereocenters. The minimum Gasteiger partial charge on any atom is -0.301 e. The van der Waals surface area contributed by atoms with E-state index in [9.17, 15) is 4.79 Å². The Bertz CT molecular complexity index is 230. The number of nitrogens with zero attached hydrogens (tertiary/aromatic N) is 2. The summed E-state index contributed by atoms with van der Waals surface area (Å²) in [7, 11) is 0. The maximum atomic E-state index is 11.0. The molecule has 0 atom stereocenters. The fourth-order valence-electron chi connectivity index (χ4n) is 1.55. The van der Waals surface area contributed by atoms with Crippen LogP contribution in [-0.2, 0) is 4.79 Å². The first kappa shape index (κ1) is 10.2. The monoisotopic (exact) mass is 180 g/mol. The number of Topliss-reactive ketones (excluding diaryl/α,β-unsaturated/α-hetero) is 1. The molecule has 3 heteroatoms. The molecule has 1 fully saturated rings. The van der Waals surface area contributed by atoms with E-state index in [1.807, 2.05) is 13.8 Å². The van der Waals surface area contributed by atoms with Crippen LogP contribution in [0.1, 0.15) is 26.7 Å². The lowest BCUT2D eigenvalue weighted by atomic mass is 9.94. The van der Waals surface area contributed by atoms with E-state index in [4.69, 9.17) is 5.26 Å². The van der Waals surface area contributed by atoms with Gasteiger partial charge in [0.05, 0.1) is 11.5 Å². The Balaban J connectivity index is 2.39. The molecule has 72 valence electrons. The highest BCUT2D eigenvalue weighted by Crippen LogP contribution is 2.17. The Kier molecular flexibility index (Phi) is 3.05. The van der Waals surface area contributed by atoms with Crippen molar-refractivity contribution in [1.82, 2.24) is 4.90 Å². The van der Waals surface area contributed by atoms with Crippen LogP contribution in [0.2, 0.25) is 0 Å². The smallest absolute Gasteiger partial charge is 0.135 e. The highest BCUT2D eigenvalue weighted by atomic mass is 16.1. The van der Waals surface area contributed by atoms with E-state index in [1.165, 1.54) is 0 Å². The summed E-state index contributed by atoms with van der Waals surface area (Å²) in [6.45, 7) is 6.29. The van der Waals surface area contributed by atoms with Gasteiger partial charge in [0.1, 0.15) is 5.78 Å². The van der Waals surface area contributed by atoms with Gasteiger partial charge in [-0.05, 0) is 13.8 Å². The van der Waals surface area contributed by atoms with Gasteiger partial charge in [0.15, 0.2) is 0 Å². The van der Waals surface area contributed by atoms with Crippen molar-refractivity contribution < 1.29 is 4.79 Å². The summed E-state index contributed by atoms with van der Waals surface area (Å²) in [4.78, 5) is 13.2. The van der Waals surface area contributed by atoms with Crippen molar-refractivity contribution in [2.75, 3.05) is 19.6 Å². The SMILES string of the molecule is CC(C)(C#N)CN1CCC(=O)CC1. The van der Waals surface area contributed by atoms with Gasteiger partial charge < -0.3 is 4.90 Å². The van der Waals surface area contributed by atoms with E-state index in [0.717, 1.165) is 19.6 Å². The second-order valence-corrected chi connectivity index (χ2v) is 4.31. The molecule has 0 aromatic rings. The highest BCUT2D eigenvalue weighted by molar-refractivity contribution is 5.79. The molecule has 0 spiro atoms. The molecule has 0 aromatic carbocycles. The van der Waals surface area contributed by atoms with Gasteiger partial charge in [-0.25, -0.2) is 0 Å². The minimum absolute atomic E-state index is 0.291. The predicted molar refractivity (Wildman–Crippen MR) is 50.1 cm³/mol. The molecule has 1 rings (SSSR count). The quantitative estimate of drug-likeness (QED) is 0.641. The lowest BCUT2D eigenvalue weighted by Crippen LogP contribution is -2.39. The van der Waals surface area contributed by atoms with Gasteiger partial charge in [0, 0.05) is 32.5 Å². The first-order valence-electron chi connectivity index (χ1n) is 4.69. The molecular weight excluding hydrogens is 164 g/mol. The van der Waals surface area contributed by atoms with Crippen LogP contribution in [-0.4, -0.2) is 30.3 Å². The Labute approximate surface area is 79.3 Å². The number of hydrogen-bond donors (Lipinski definition) is 0. The van der Waals surface area contributed by atoms with Crippen LogP contribution in [0.3, 0.4) is 0 Å². The summed E-state index contributed by atoms with van der Waals surface area (Å²) in [5.74, 6) is 0.353. The number of hydrogen-bond acceptors (Lipinski definition) is 3. The van der Waals surface area contributed by atoms with E-state index < -0.39 is 0 Å². The first-order chi connectivity index (χ1) is 6.03. The molecule has 1 saturated heterocycles. The van der Waals surface area contributed by atoms with Crippen molar-refractivity contribution in [1.29, 1.82) is 5.26 Å². The third-order valence-electron chi connectivity index (χ3n) is 2.34. The fourth-order valence-corrected chi connectivity index (χ4v) is 1.55. The molecule has 13 heavy (non-hydrogen) atoms. The number of ketones is 1. The second-order valence-electron chi connectivity index (χ2n) is 4.31. The Morgan fingerprint density at radius 2 is 2.00 bits per heavy atom. The number of nitriles is 1. The van der Waals surface area contributed by atoms with Gasteiger partial charge >= 0.3 is 0 Å². The van der Waals surface area contributed by atoms with Crippen molar-refractivity contribution in [3.63, 3.8) is 0 Å². The maximum absolute atomic E-state index is 11.0. The molecule has 1 aliphatic heterocycles. The van der Waals surface area contributed by atoms with Crippen molar-refractivity contribution >= 4 is 5.78 Å². The van der Waals surface area contributed by atoms with Gasteiger partial charge in [-0.2, -0.15) is 5.26 Å².